The zero-order chi connectivity index (χ0) is 26.3. The number of likely N-dealkylation sites (N-methyl/N-ethyl adjacent to an activating group) is 1. The number of ether oxygens (including phenoxy) is 1. The molecule has 2 heterocycles. The van der Waals surface area contributed by atoms with Crippen molar-refractivity contribution < 1.29 is 19.1 Å². The van der Waals surface area contributed by atoms with E-state index in [1.165, 1.54) is 0 Å². The van der Waals surface area contributed by atoms with Crippen molar-refractivity contribution in [3.8, 4) is 5.75 Å². The quantitative estimate of drug-likeness (QED) is 0.550. The minimum atomic E-state index is -0.996. The van der Waals surface area contributed by atoms with Gasteiger partial charge in [-0.05, 0) is 62.0 Å². The molecule has 1 aromatic rings. The van der Waals surface area contributed by atoms with Crippen LogP contribution >= 0.6 is 0 Å². The van der Waals surface area contributed by atoms with E-state index in [-0.39, 0.29) is 23.7 Å². The van der Waals surface area contributed by atoms with Gasteiger partial charge in [0.25, 0.3) is 0 Å². The number of hydrogen-bond donors (Lipinski definition) is 3. The summed E-state index contributed by atoms with van der Waals surface area (Å²) in [7, 11) is 3.70. The van der Waals surface area contributed by atoms with E-state index in [9.17, 15) is 14.4 Å². The topological polar surface area (TPSA) is 99.8 Å². The molecule has 194 valence electrons. The molecule has 2 aliphatic rings. The summed E-state index contributed by atoms with van der Waals surface area (Å²) >= 11 is 0. The van der Waals surface area contributed by atoms with Gasteiger partial charge in [-0.3, -0.25) is 19.3 Å². The van der Waals surface area contributed by atoms with E-state index < -0.39 is 30.1 Å². The molecule has 0 saturated heterocycles. The van der Waals surface area contributed by atoms with Gasteiger partial charge in [0.1, 0.15) is 23.9 Å². The molecule has 2 bridgehead atoms. The normalized spacial score (nSPS) is 23.0. The molecule has 8 nitrogen and oxygen atoms in total. The van der Waals surface area contributed by atoms with Crippen molar-refractivity contribution in [2.75, 3.05) is 14.1 Å². The number of benzene rings is 1. The number of carbonyl (C=O) groups is 3. The van der Waals surface area contributed by atoms with Crippen LogP contribution in [0.2, 0.25) is 0 Å². The molecule has 0 radical (unpaired) electrons. The summed E-state index contributed by atoms with van der Waals surface area (Å²) in [6, 6.07) is 5.21. The lowest BCUT2D eigenvalue weighted by atomic mass is 9.95. The molecular formula is C27H42N4O4. The standard InChI is InChI=1S/C27H42N4O4/c1-16(2)15-21(31(7)8)25(32)30-23-24(18(5)6)35-20-11-9-19(10-12-20)13-14-28-26(33)22(17(3)4)29-27(23)34/h9-14,16-18,21-24H,15H2,1-8H3,(H,28,33)(H,29,34)(H,30,32)/b14-13-. The van der Waals surface area contributed by atoms with Gasteiger partial charge >= 0.3 is 0 Å². The van der Waals surface area contributed by atoms with E-state index in [0.29, 0.717) is 18.1 Å². The van der Waals surface area contributed by atoms with Crippen molar-refractivity contribution in [1.82, 2.24) is 20.9 Å². The Labute approximate surface area is 209 Å². The lowest BCUT2D eigenvalue weighted by Crippen LogP contribution is -2.62. The van der Waals surface area contributed by atoms with Crippen LogP contribution in [0.3, 0.4) is 0 Å². The molecular weight excluding hydrogens is 444 g/mol. The van der Waals surface area contributed by atoms with Crippen LogP contribution in [0.5, 0.6) is 5.75 Å². The summed E-state index contributed by atoms with van der Waals surface area (Å²) in [4.78, 5) is 41.8. The van der Waals surface area contributed by atoms with Crippen LogP contribution in [0.25, 0.3) is 6.08 Å². The maximum atomic E-state index is 13.6. The van der Waals surface area contributed by atoms with Crippen molar-refractivity contribution in [2.45, 2.75) is 72.2 Å². The third kappa shape index (κ3) is 8.09. The fourth-order valence-corrected chi connectivity index (χ4v) is 4.04. The number of nitrogens with one attached hydrogen (secondary N) is 3. The van der Waals surface area contributed by atoms with E-state index in [0.717, 1.165) is 5.56 Å². The Morgan fingerprint density at radius 3 is 2.14 bits per heavy atom. The van der Waals surface area contributed by atoms with Gasteiger partial charge in [0, 0.05) is 6.20 Å². The highest BCUT2D eigenvalue weighted by Crippen LogP contribution is 2.21. The van der Waals surface area contributed by atoms with Gasteiger partial charge in [0.2, 0.25) is 17.7 Å². The molecule has 3 amide bonds. The number of fused-ring (bicyclic) bond motifs is 10. The molecule has 0 fully saturated rings. The van der Waals surface area contributed by atoms with Gasteiger partial charge in [-0.2, -0.15) is 0 Å². The van der Waals surface area contributed by atoms with Crippen LogP contribution in [0.4, 0.5) is 0 Å². The van der Waals surface area contributed by atoms with Crippen molar-refractivity contribution in [3.05, 3.63) is 36.0 Å². The molecule has 8 heteroatoms. The Balaban J connectivity index is 2.50. The van der Waals surface area contributed by atoms with E-state index in [2.05, 4.69) is 29.8 Å². The molecule has 4 atom stereocenters. The molecule has 0 aliphatic carbocycles. The average molecular weight is 487 g/mol. The number of amides is 3. The van der Waals surface area contributed by atoms with Crippen molar-refractivity contribution >= 4 is 23.8 Å². The third-order valence-electron chi connectivity index (χ3n) is 6.09. The smallest absolute Gasteiger partial charge is 0.247 e. The summed E-state index contributed by atoms with van der Waals surface area (Å²) in [5.41, 5.74) is 0.897. The molecule has 0 saturated carbocycles. The van der Waals surface area contributed by atoms with Gasteiger partial charge in [-0.25, -0.2) is 0 Å². The molecule has 2 aliphatic heterocycles. The molecule has 35 heavy (non-hydrogen) atoms. The Kier molecular flexibility index (Phi) is 10.3. The maximum Gasteiger partial charge on any atom is 0.247 e. The highest BCUT2D eigenvalue weighted by Gasteiger charge is 2.38. The number of hydrogen-bond acceptors (Lipinski definition) is 5. The predicted octanol–water partition coefficient (Wildman–Crippen LogP) is 2.79. The van der Waals surface area contributed by atoms with Gasteiger partial charge in [0.05, 0.1) is 6.04 Å². The number of rotatable bonds is 7. The zero-order valence-electron chi connectivity index (χ0n) is 22.3. The average Bonchev–Trinajstić information content (AvgIpc) is 2.77. The second-order valence-electron chi connectivity index (χ2n) is 10.6. The Morgan fingerprint density at radius 1 is 1.00 bits per heavy atom. The first kappa shape index (κ1) is 28.4. The van der Waals surface area contributed by atoms with Gasteiger partial charge in [-0.15, -0.1) is 0 Å². The first-order valence-corrected chi connectivity index (χ1v) is 12.4. The Morgan fingerprint density at radius 2 is 1.63 bits per heavy atom. The maximum absolute atomic E-state index is 13.6. The van der Waals surface area contributed by atoms with Crippen molar-refractivity contribution in [1.29, 1.82) is 0 Å². The van der Waals surface area contributed by atoms with Gasteiger partial charge < -0.3 is 20.7 Å². The third-order valence-corrected chi connectivity index (χ3v) is 6.09. The lowest BCUT2D eigenvalue weighted by Gasteiger charge is -2.34. The summed E-state index contributed by atoms with van der Waals surface area (Å²) in [6.45, 7) is 11.7. The Hall–Kier alpha value is -2.87. The molecule has 3 rings (SSSR count). The molecule has 3 N–H and O–H groups in total. The predicted molar refractivity (Wildman–Crippen MR) is 139 cm³/mol. The van der Waals surface area contributed by atoms with Crippen LogP contribution in [0.15, 0.2) is 30.5 Å². The van der Waals surface area contributed by atoms with Crippen molar-refractivity contribution in [2.24, 2.45) is 17.8 Å². The van der Waals surface area contributed by atoms with E-state index in [1.807, 2.05) is 71.0 Å². The fraction of sp³-hybridized carbons (Fsp3) is 0.593. The van der Waals surface area contributed by atoms with E-state index in [4.69, 9.17) is 4.74 Å². The van der Waals surface area contributed by atoms with Gasteiger partial charge in [0.15, 0.2) is 0 Å². The lowest BCUT2D eigenvalue weighted by molar-refractivity contribution is -0.136. The van der Waals surface area contributed by atoms with E-state index >= 15 is 0 Å². The van der Waals surface area contributed by atoms with E-state index in [1.54, 1.807) is 12.3 Å². The summed E-state index contributed by atoms with van der Waals surface area (Å²) in [5, 5.41) is 8.60. The second-order valence-corrected chi connectivity index (χ2v) is 10.6. The highest BCUT2D eigenvalue weighted by atomic mass is 16.5. The zero-order valence-corrected chi connectivity index (χ0v) is 22.3. The summed E-state index contributed by atoms with van der Waals surface area (Å²) in [6.07, 6.45) is 3.34. The van der Waals surface area contributed by atoms with Crippen LogP contribution in [-0.2, 0) is 14.4 Å². The van der Waals surface area contributed by atoms with Crippen LogP contribution in [0, 0.1) is 17.8 Å². The monoisotopic (exact) mass is 486 g/mol. The minimum absolute atomic E-state index is 0.104. The molecule has 1 aromatic carbocycles. The minimum Gasteiger partial charge on any atom is -0.487 e. The molecule has 0 spiro atoms. The SMILES string of the molecule is CC(C)CC(C(=O)NC1C(=O)NC(C(C)C)C(=O)N/C=C\c2ccc(cc2)OC1C(C)C)N(C)C. The first-order valence-electron chi connectivity index (χ1n) is 12.4. The Bertz CT molecular complexity index is 893. The van der Waals surface area contributed by atoms with Crippen LogP contribution < -0.4 is 20.7 Å². The highest BCUT2D eigenvalue weighted by molar-refractivity contribution is 5.94. The molecule has 4 unspecified atom stereocenters. The second kappa shape index (κ2) is 12.7. The van der Waals surface area contributed by atoms with Crippen LogP contribution in [-0.4, -0.2) is 60.9 Å². The molecule has 0 aromatic heterocycles. The van der Waals surface area contributed by atoms with Crippen molar-refractivity contribution in [3.63, 3.8) is 0 Å². The number of carbonyl (C=O) groups excluding carboxylic acids is 3. The van der Waals surface area contributed by atoms with Crippen LogP contribution in [0.1, 0.15) is 53.5 Å². The summed E-state index contributed by atoms with van der Waals surface area (Å²) < 4.78 is 6.29. The van der Waals surface area contributed by atoms with Gasteiger partial charge in [-0.1, -0.05) is 53.7 Å². The summed E-state index contributed by atoms with van der Waals surface area (Å²) in [5.74, 6) is -0.397. The number of nitrogens with zero attached hydrogens (tertiary/aromatic N) is 1. The first-order chi connectivity index (χ1) is 16.4. The largest absolute Gasteiger partial charge is 0.487 e. The fourth-order valence-electron chi connectivity index (χ4n) is 4.04.